The summed E-state index contributed by atoms with van der Waals surface area (Å²) in [6, 6.07) is 4.51. The van der Waals surface area contributed by atoms with Gasteiger partial charge in [-0.1, -0.05) is 12.1 Å². The lowest BCUT2D eigenvalue weighted by Gasteiger charge is -2.03. The predicted octanol–water partition coefficient (Wildman–Crippen LogP) is 0.872. The first-order chi connectivity index (χ1) is 8.08. The van der Waals surface area contributed by atoms with Gasteiger partial charge in [0.15, 0.2) is 5.82 Å². The summed E-state index contributed by atoms with van der Waals surface area (Å²) in [4.78, 5) is 10.6. The van der Waals surface area contributed by atoms with Crippen LogP contribution in [0.2, 0.25) is 0 Å². The SMILES string of the molecule is Cc1ccc(-c2nnnn2CC(=O)O)cc1F. The molecular weight excluding hydrogens is 227 g/mol. The Kier molecular flexibility index (Phi) is 2.82. The first-order valence-corrected chi connectivity index (χ1v) is 4.82. The van der Waals surface area contributed by atoms with E-state index in [2.05, 4.69) is 15.5 Å². The molecule has 0 atom stereocenters. The van der Waals surface area contributed by atoms with E-state index >= 15 is 0 Å². The largest absolute Gasteiger partial charge is 0.480 e. The lowest BCUT2D eigenvalue weighted by Crippen LogP contribution is -2.11. The molecule has 2 aromatic rings. The molecule has 1 aromatic heterocycles. The number of rotatable bonds is 3. The minimum Gasteiger partial charge on any atom is -0.480 e. The number of nitrogens with zero attached hydrogens (tertiary/aromatic N) is 4. The van der Waals surface area contributed by atoms with Gasteiger partial charge in [0.25, 0.3) is 0 Å². The molecule has 6 nitrogen and oxygen atoms in total. The minimum atomic E-state index is -1.06. The zero-order valence-electron chi connectivity index (χ0n) is 8.96. The molecule has 0 bridgehead atoms. The number of carbonyl (C=O) groups is 1. The topological polar surface area (TPSA) is 80.9 Å². The highest BCUT2D eigenvalue weighted by molar-refractivity contribution is 5.67. The molecule has 0 amide bonds. The molecule has 0 aliphatic rings. The maximum absolute atomic E-state index is 13.4. The van der Waals surface area contributed by atoms with Crippen molar-refractivity contribution in [2.45, 2.75) is 13.5 Å². The number of hydrogen-bond acceptors (Lipinski definition) is 4. The predicted molar refractivity (Wildman–Crippen MR) is 55.6 cm³/mol. The summed E-state index contributed by atoms with van der Waals surface area (Å²) in [5, 5.41) is 19.3. The fourth-order valence-corrected chi connectivity index (χ4v) is 1.38. The Hall–Kier alpha value is -2.31. The summed E-state index contributed by atoms with van der Waals surface area (Å²) in [6.45, 7) is 1.27. The number of carboxylic acids is 1. The molecule has 17 heavy (non-hydrogen) atoms. The van der Waals surface area contributed by atoms with Gasteiger partial charge in [0.05, 0.1) is 0 Å². The van der Waals surface area contributed by atoms with Gasteiger partial charge in [-0.05, 0) is 29.0 Å². The fourth-order valence-electron chi connectivity index (χ4n) is 1.38. The smallest absolute Gasteiger partial charge is 0.325 e. The van der Waals surface area contributed by atoms with Crippen molar-refractivity contribution in [1.82, 2.24) is 20.2 Å². The second-order valence-corrected chi connectivity index (χ2v) is 3.52. The number of aromatic nitrogens is 4. The van der Waals surface area contributed by atoms with Crippen LogP contribution in [0.5, 0.6) is 0 Å². The quantitative estimate of drug-likeness (QED) is 0.855. The Bertz CT molecular complexity index is 567. The zero-order valence-corrected chi connectivity index (χ0v) is 8.96. The van der Waals surface area contributed by atoms with Gasteiger partial charge >= 0.3 is 5.97 Å². The van der Waals surface area contributed by atoms with Gasteiger partial charge in [-0.25, -0.2) is 9.07 Å². The Labute approximate surface area is 95.7 Å². The first kappa shape index (κ1) is 11.2. The van der Waals surface area contributed by atoms with Crippen molar-refractivity contribution >= 4 is 5.97 Å². The van der Waals surface area contributed by atoms with E-state index in [1.54, 1.807) is 19.1 Å². The van der Waals surface area contributed by atoms with Gasteiger partial charge in [-0.2, -0.15) is 0 Å². The highest BCUT2D eigenvalue weighted by atomic mass is 19.1. The Morgan fingerprint density at radius 1 is 1.53 bits per heavy atom. The normalized spacial score (nSPS) is 10.5. The highest BCUT2D eigenvalue weighted by Gasteiger charge is 2.12. The van der Waals surface area contributed by atoms with Gasteiger partial charge in [-0.15, -0.1) is 5.10 Å². The van der Waals surface area contributed by atoms with Crippen molar-refractivity contribution in [2.75, 3.05) is 0 Å². The molecule has 0 spiro atoms. The molecular formula is C10H9FN4O2. The van der Waals surface area contributed by atoms with E-state index in [-0.39, 0.29) is 18.2 Å². The molecule has 7 heteroatoms. The van der Waals surface area contributed by atoms with Crippen LogP contribution in [0, 0.1) is 12.7 Å². The maximum Gasteiger partial charge on any atom is 0.325 e. The molecule has 0 aliphatic heterocycles. The second kappa shape index (κ2) is 4.28. The number of halogens is 1. The van der Waals surface area contributed by atoms with Crippen LogP contribution < -0.4 is 0 Å². The van der Waals surface area contributed by atoms with Gasteiger partial charge in [-0.3, -0.25) is 4.79 Å². The van der Waals surface area contributed by atoms with E-state index in [0.29, 0.717) is 11.1 Å². The molecule has 0 saturated carbocycles. The number of tetrazole rings is 1. The standard InChI is InChI=1S/C10H9FN4O2/c1-6-2-3-7(4-8(6)11)10-12-13-14-15(10)5-9(16)17/h2-4H,5H2,1H3,(H,16,17). The van der Waals surface area contributed by atoms with Gasteiger partial charge in [0.2, 0.25) is 0 Å². The third-order valence-electron chi connectivity index (χ3n) is 2.25. The fraction of sp³-hybridized carbons (Fsp3) is 0.200. The van der Waals surface area contributed by atoms with Crippen LogP contribution in [-0.4, -0.2) is 31.3 Å². The molecule has 0 radical (unpaired) electrons. The summed E-state index contributed by atoms with van der Waals surface area (Å²) >= 11 is 0. The number of aliphatic carboxylic acids is 1. The number of aryl methyl sites for hydroxylation is 1. The number of carboxylic acid groups (broad SMARTS) is 1. The van der Waals surface area contributed by atoms with E-state index in [4.69, 9.17) is 5.11 Å². The average molecular weight is 236 g/mol. The van der Waals surface area contributed by atoms with Crippen molar-refractivity contribution in [3.05, 3.63) is 29.6 Å². The van der Waals surface area contributed by atoms with Crippen LogP contribution >= 0.6 is 0 Å². The summed E-state index contributed by atoms with van der Waals surface area (Å²) in [7, 11) is 0. The van der Waals surface area contributed by atoms with Crippen molar-refractivity contribution in [2.24, 2.45) is 0 Å². The Morgan fingerprint density at radius 3 is 2.94 bits per heavy atom. The highest BCUT2D eigenvalue weighted by Crippen LogP contribution is 2.18. The van der Waals surface area contributed by atoms with Crippen LogP contribution in [0.3, 0.4) is 0 Å². The van der Waals surface area contributed by atoms with Crippen molar-refractivity contribution in [1.29, 1.82) is 0 Å². The Balaban J connectivity index is 2.42. The van der Waals surface area contributed by atoms with Crippen molar-refractivity contribution in [3.8, 4) is 11.4 Å². The summed E-state index contributed by atoms with van der Waals surface area (Å²) in [5.41, 5.74) is 0.949. The van der Waals surface area contributed by atoms with Crippen LogP contribution in [0.4, 0.5) is 4.39 Å². The van der Waals surface area contributed by atoms with Gasteiger partial charge in [0.1, 0.15) is 12.4 Å². The van der Waals surface area contributed by atoms with Crippen LogP contribution in [0.25, 0.3) is 11.4 Å². The number of hydrogen-bond donors (Lipinski definition) is 1. The molecule has 1 N–H and O–H groups in total. The van der Waals surface area contributed by atoms with Gasteiger partial charge < -0.3 is 5.11 Å². The minimum absolute atomic E-state index is 0.228. The van der Waals surface area contributed by atoms with Gasteiger partial charge in [0, 0.05) is 5.56 Å². The van der Waals surface area contributed by atoms with E-state index < -0.39 is 5.97 Å². The molecule has 0 unspecified atom stereocenters. The van der Waals surface area contributed by atoms with Crippen LogP contribution in [0.1, 0.15) is 5.56 Å². The van der Waals surface area contributed by atoms with E-state index in [1.165, 1.54) is 6.07 Å². The lowest BCUT2D eigenvalue weighted by molar-refractivity contribution is -0.137. The molecule has 1 aromatic carbocycles. The summed E-state index contributed by atoms with van der Waals surface area (Å²) in [5.74, 6) is -1.22. The van der Waals surface area contributed by atoms with E-state index in [1.807, 2.05) is 0 Å². The van der Waals surface area contributed by atoms with Crippen molar-refractivity contribution in [3.63, 3.8) is 0 Å². The molecule has 0 aliphatic carbocycles. The average Bonchev–Trinajstić information content (AvgIpc) is 2.69. The maximum atomic E-state index is 13.4. The second-order valence-electron chi connectivity index (χ2n) is 3.52. The molecule has 88 valence electrons. The summed E-state index contributed by atoms with van der Waals surface area (Å²) in [6.07, 6.45) is 0. The number of benzene rings is 1. The van der Waals surface area contributed by atoms with Crippen LogP contribution in [-0.2, 0) is 11.3 Å². The van der Waals surface area contributed by atoms with E-state index in [0.717, 1.165) is 4.68 Å². The molecule has 2 rings (SSSR count). The van der Waals surface area contributed by atoms with E-state index in [9.17, 15) is 9.18 Å². The molecule has 0 fully saturated rings. The first-order valence-electron chi connectivity index (χ1n) is 4.82. The third-order valence-corrected chi connectivity index (χ3v) is 2.25. The molecule has 0 saturated heterocycles. The zero-order chi connectivity index (χ0) is 12.4. The van der Waals surface area contributed by atoms with Crippen molar-refractivity contribution < 1.29 is 14.3 Å². The lowest BCUT2D eigenvalue weighted by atomic mass is 10.1. The van der Waals surface area contributed by atoms with Crippen LogP contribution in [0.15, 0.2) is 18.2 Å². The third kappa shape index (κ3) is 2.27. The Morgan fingerprint density at radius 2 is 2.29 bits per heavy atom. The monoisotopic (exact) mass is 236 g/mol. The molecule has 1 heterocycles. The summed E-state index contributed by atoms with van der Waals surface area (Å²) < 4.78 is 14.5.